The molecule has 6 nitrogen and oxygen atoms in total. The van der Waals surface area contributed by atoms with Gasteiger partial charge in [-0.2, -0.15) is 5.26 Å². The number of ether oxygens (including phenoxy) is 1. The Balaban J connectivity index is 2.42. The van der Waals surface area contributed by atoms with Gasteiger partial charge in [0.2, 0.25) is 0 Å². The molecule has 1 aromatic heterocycles. The SMILES string of the molecule is CC(CC#N)OC(=O)c1ccc2c(=O)n(C)c(=S)[nH]c2c1. The number of nitrogens with one attached hydrogen (secondary N) is 1. The standard InChI is InChI=1S/C14H13N3O3S/c1-8(5-6-15)20-13(19)9-3-4-10-11(7-9)16-14(21)17(2)12(10)18/h3-4,7-8H,5H2,1-2H3,(H,16,21). The highest BCUT2D eigenvalue weighted by Crippen LogP contribution is 2.13. The first-order valence-electron chi connectivity index (χ1n) is 6.25. The Kier molecular flexibility index (Phi) is 4.19. The number of rotatable bonds is 3. The van der Waals surface area contributed by atoms with Crippen molar-refractivity contribution >= 4 is 29.1 Å². The second-order valence-corrected chi connectivity index (χ2v) is 5.02. The number of benzene rings is 1. The van der Waals surface area contributed by atoms with Crippen molar-refractivity contribution in [1.29, 1.82) is 5.26 Å². The highest BCUT2D eigenvalue weighted by atomic mass is 32.1. The first-order chi connectivity index (χ1) is 9.93. The van der Waals surface area contributed by atoms with Crippen LogP contribution in [-0.2, 0) is 11.8 Å². The van der Waals surface area contributed by atoms with Gasteiger partial charge in [-0.25, -0.2) is 4.79 Å². The molecule has 0 spiro atoms. The predicted octanol–water partition coefficient (Wildman–Crippen LogP) is 2.06. The van der Waals surface area contributed by atoms with Crippen LogP contribution in [-0.4, -0.2) is 21.6 Å². The van der Waals surface area contributed by atoms with Gasteiger partial charge in [-0.05, 0) is 37.3 Å². The van der Waals surface area contributed by atoms with Crippen molar-refractivity contribution in [2.45, 2.75) is 19.4 Å². The van der Waals surface area contributed by atoms with Gasteiger partial charge in [0, 0.05) is 7.05 Å². The van der Waals surface area contributed by atoms with Crippen molar-refractivity contribution in [2.24, 2.45) is 7.05 Å². The average Bonchev–Trinajstić information content (AvgIpc) is 2.44. The largest absolute Gasteiger partial charge is 0.458 e. The van der Waals surface area contributed by atoms with Gasteiger partial charge in [-0.15, -0.1) is 0 Å². The van der Waals surface area contributed by atoms with Crippen LogP contribution in [0.15, 0.2) is 23.0 Å². The minimum absolute atomic E-state index is 0.127. The highest BCUT2D eigenvalue weighted by molar-refractivity contribution is 7.71. The Bertz CT molecular complexity index is 860. The van der Waals surface area contributed by atoms with Gasteiger partial charge in [-0.1, -0.05) is 0 Å². The number of H-pyrrole nitrogens is 1. The second-order valence-electron chi connectivity index (χ2n) is 4.63. The maximum absolute atomic E-state index is 12.0. The number of hydrogen-bond acceptors (Lipinski definition) is 5. The first kappa shape index (κ1) is 14.9. The van der Waals surface area contributed by atoms with Crippen molar-refractivity contribution in [2.75, 3.05) is 0 Å². The summed E-state index contributed by atoms with van der Waals surface area (Å²) in [6.07, 6.45) is -0.359. The monoisotopic (exact) mass is 303 g/mol. The van der Waals surface area contributed by atoms with E-state index in [0.717, 1.165) is 0 Å². The summed E-state index contributed by atoms with van der Waals surface area (Å²) < 4.78 is 6.72. The molecule has 1 atom stereocenters. The Labute approximate surface area is 125 Å². The molecule has 0 radical (unpaired) electrons. The molecule has 0 amide bonds. The van der Waals surface area contributed by atoms with E-state index in [4.69, 9.17) is 22.2 Å². The molecule has 0 aliphatic heterocycles. The van der Waals surface area contributed by atoms with Crippen molar-refractivity contribution in [3.05, 3.63) is 38.9 Å². The van der Waals surface area contributed by atoms with Crippen molar-refractivity contribution in [1.82, 2.24) is 9.55 Å². The number of carbonyl (C=O) groups is 1. The molecule has 0 aliphatic rings. The molecule has 1 unspecified atom stereocenters. The number of esters is 1. The van der Waals surface area contributed by atoms with Crippen LogP contribution in [0.3, 0.4) is 0 Å². The number of aromatic amines is 1. The molecule has 108 valence electrons. The van der Waals surface area contributed by atoms with Crippen LogP contribution in [0.1, 0.15) is 23.7 Å². The van der Waals surface area contributed by atoms with Crippen LogP contribution in [0.25, 0.3) is 10.9 Å². The molecular weight excluding hydrogens is 290 g/mol. The molecule has 0 saturated carbocycles. The van der Waals surface area contributed by atoms with Crippen LogP contribution in [0.2, 0.25) is 0 Å². The topological polar surface area (TPSA) is 87.9 Å². The average molecular weight is 303 g/mol. The highest BCUT2D eigenvalue weighted by Gasteiger charge is 2.13. The van der Waals surface area contributed by atoms with E-state index in [2.05, 4.69) is 4.98 Å². The van der Waals surface area contributed by atoms with Gasteiger partial charge in [0.25, 0.3) is 5.56 Å². The molecule has 1 heterocycles. The van der Waals surface area contributed by atoms with Gasteiger partial charge >= 0.3 is 5.97 Å². The maximum Gasteiger partial charge on any atom is 0.338 e. The quantitative estimate of drug-likeness (QED) is 0.692. The Hall–Kier alpha value is -2.46. The van der Waals surface area contributed by atoms with Gasteiger partial charge in [-0.3, -0.25) is 9.36 Å². The Morgan fingerprint density at radius 1 is 1.57 bits per heavy atom. The first-order valence-corrected chi connectivity index (χ1v) is 6.66. The molecular formula is C14H13N3O3S. The van der Waals surface area contributed by atoms with E-state index in [9.17, 15) is 9.59 Å². The summed E-state index contributed by atoms with van der Waals surface area (Å²) in [7, 11) is 1.58. The molecule has 0 aliphatic carbocycles. The van der Waals surface area contributed by atoms with Gasteiger partial charge in [0.15, 0.2) is 4.77 Å². The summed E-state index contributed by atoms with van der Waals surface area (Å²) in [6, 6.07) is 6.52. The third kappa shape index (κ3) is 3.01. The zero-order valence-electron chi connectivity index (χ0n) is 11.5. The lowest BCUT2D eigenvalue weighted by molar-refractivity contribution is 0.0351. The number of nitrogens with zero attached hydrogens (tertiary/aromatic N) is 2. The molecule has 0 bridgehead atoms. The normalized spacial score (nSPS) is 11.9. The molecule has 7 heteroatoms. The molecule has 0 fully saturated rings. The summed E-state index contributed by atoms with van der Waals surface area (Å²) in [6.45, 7) is 1.64. The van der Waals surface area contributed by atoms with Crippen molar-refractivity contribution in [3.8, 4) is 6.07 Å². The number of fused-ring (bicyclic) bond motifs is 1. The number of nitriles is 1. The van der Waals surface area contributed by atoms with E-state index in [1.807, 2.05) is 6.07 Å². The predicted molar refractivity (Wildman–Crippen MR) is 79.5 cm³/mol. The third-order valence-electron chi connectivity index (χ3n) is 3.02. The number of aromatic nitrogens is 2. The minimum atomic E-state index is -0.542. The lowest BCUT2D eigenvalue weighted by atomic mass is 10.1. The van der Waals surface area contributed by atoms with Crippen molar-refractivity contribution < 1.29 is 9.53 Å². The number of hydrogen-bond donors (Lipinski definition) is 1. The molecule has 1 aromatic carbocycles. The summed E-state index contributed by atoms with van der Waals surface area (Å²) in [5.74, 6) is -0.542. The molecule has 2 rings (SSSR count). The summed E-state index contributed by atoms with van der Waals surface area (Å²) in [5, 5.41) is 8.99. The van der Waals surface area contributed by atoms with E-state index >= 15 is 0 Å². The second kappa shape index (κ2) is 5.89. The summed E-state index contributed by atoms with van der Waals surface area (Å²) in [5.41, 5.74) is 0.545. The molecule has 0 saturated heterocycles. The van der Waals surface area contributed by atoms with Gasteiger partial charge < -0.3 is 9.72 Å². The fourth-order valence-electron chi connectivity index (χ4n) is 1.85. The molecule has 1 N–H and O–H groups in total. The Morgan fingerprint density at radius 3 is 2.95 bits per heavy atom. The van der Waals surface area contributed by atoms with Crippen LogP contribution in [0.5, 0.6) is 0 Å². The molecule has 21 heavy (non-hydrogen) atoms. The summed E-state index contributed by atoms with van der Waals surface area (Å²) in [4.78, 5) is 26.9. The maximum atomic E-state index is 12.0. The Morgan fingerprint density at radius 2 is 2.29 bits per heavy atom. The van der Waals surface area contributed by atoms with E-state index < -0.39 is 12.1 Å². The number of carbonyl (C=O) groups excluding carboxylic acids is 1. The van der Waals surface area contributed by atoms with E-state index in [-0.39, 0.29) is 16.8 Å². The third-order valence-corrected chi connectivity index (χ3v) is 3.40. The fourth-order valence-corrected chi connectivity index (χ4v) is 2.05. The summed E-state index contributed by atoms with van der Waals surface area (Å²) >= 11 is 5.04. The van der Waals surface area contributed by atoms with E-state index in [0.29, 0.717) is 16.5 Å². The van der Waals surface area contributed by atoms with E-state index in [1.54, 1.807) is 20.0 Å². The smallest absolute Gasteiger partial charge is 0.338 e. The minimum Gasteiger partial charge on any atom is -0.458 e. The van der Waals surface area contributed by atoms with Gasteiger partial charge in [0.1, 0.15) is 6.10 Å². The van der Waals surface area contributed by atoms with E-state index in [1.165, 1.54) is 16.7 Å². The van der Waals surface area contributed by atoms with Crippen LogP contribution in [0, 0.1) is 16.1 Å². The fraction of sp³-hybridized carbons (Fsp3) is 0.286. The lowest BCUT2D eigenvalue weighted by Gasteiger charge is -2.10. The zero-order valence-corrected chi connectivity index (χ0v) is 12.4. The van der Waals surface area contributed by atoms with Crippen molar-refractivity contribution in [3.63, 3.8) is 0 Å². The van der Waals surface area contributed by atoms with Crippen LogP contribution in [0.4, 0.5) is 0 Å². The van der Waals surface area contributed by atoms with Gasteiger partial charge in [0.05, 0.1) is 29.0 Å². The van der Waals surface area contributed by atoms with Crippen LogP contribution >= 0.6 is 12.2 Å². The molecule has 2 aromatic rings. The lowest BCUT2D eigenvalue weighted by Crippen LogP contribution is -2.19. The zero-order chi connectivity index (χ0) is 15.6. The van der Waals surface area contributed by atoms with Crippen LogP contribution < -0.4 is 5.56 Å².